The van der Waals surface area contributed by atoms with Gasteiger partial charge in [0.2, 0.25) is 0 Å². The Balaban J connectivity index is 1.50. The van der Waals surface area contributed by atoms with Crippen LogP contribution in [0.4, 0.5) is 4.79 Å². The number of likely N-dealkylation sites (tertiary alicyclic amines) is 1. The molecule has 2 amide bonds. The van der Waals surface area contributed by atoms with Gasteiger partial charge in [0.15, 0.2) is 0 Å². The highest BCUT2D eigenvalue weighted by molar-refractivity contribution is 6.30. The Labute approximate surface area is 157 Å². The third kappa shape index (κ3) is 4.99. The number of carbonyl (C=O) groups is 2. The minimum Gasteiger partial charge on any atom is -0.445 e. The van der Waals surface area contributed by atoms with Gasteiger partial charge in [0.05, 0.1) is 0 Å². The van der Waals surface area contributed by atoms with E-state index in [2.05, 4.69) is 5.32 Å². The van der Waals surface area contributed by atoms with E-state index in [1.807, 2.05) is 30.3 Å². The summed E-state index contributed by atoms with van der Waals surface area (Å²) in [6, 6.07) is 16.3. The van der Waals surface area contributed by atoms with Crippen molar-refractivity contribution in [1.29, 1.82) is 0 Å². The molecule has 3 rings (SSSR count). The van der Waals surface area contributed by atoms with Gasteiger partial charge in [-0.25, -0.2) is 4.79 Å². The molecule has 0 spiro atoms. The quantitative estimate of drug-likeness (QED) is 0.886. The molecule has 1 unspecified atom stereocenters. The van der Waals surface area contributed by atoms with E-state index >= 15 is 0 Å². The van der Waals surface area contributed by atoms with E-state index in [4.69, 9.17) is 16.3 Å². The molecule has 1 N–H and O–H groups in total. The van der Waals surface area contributed by atoms with Crippen LogP contribution in [0.25, 0.3) is 0 Å². The molecule has 0 aromatic heterocycles. The van der Waals surface area contributed by atoms with Crippen LogP contribution in [0.1, 0.15) is 28.8 Å². The number of nitrogens with one attached hydrogen (secondary N) is 1. The molecule has 1 atom stereocenters. The molecule has 6 heteroatoms. The standard InChI is InChI=1S/C20H21ClN2O3/c21-17-10-8-16(9-11-17)19(24)23-12-4-7-18(13-23)22-20(25)26-14-15-5-2-1-3-6-15/h1-3,5-6,8-11,18H,4,7,12-14H2,(H,22,25). The summed E-state index contributed by atoms with van der Waals surface area (Å²) in [5.41, 5.74) is 1.53. The second kappa shape index (κ2) is 8.72. The molecule has 0 radical (unpaired) electrons. The van der Waals surface area contributed by atoms with Gasteiger partial charge < -0.3 is 15.0 Å². The highest BCUT2D eigenvalue weighted by Gasteiger charge is 2.25. The molecule has 5 nitrogen and oxygen atoms in total. The molecule has 26 heavy (non-hydrogen) atoms. The van der Waals surface area contributed by atoms with E-state index in [-0.39, 0.29) is 18.6 Å². The van der Waals surface area contributed by atoms with Crippen molar-refractivity contribution in [1.82, 2.24) is 10.2 Å². The number of hydrogen-bond acceptors (Lipinski definition) is 3. The Kier molecular flexibility index (Phi) is 6.12. The highest BCUT2D eigenvalue weighted by atomic mass is 35.5. The van der Waals surface area contributed by atoms with E-state index in [1.165, 1.54) is 0 Å². The first-order chi connectivity index (χ1) is 12.6. The second-order valence-electron chi connectivity index (χ2n) is 6.30. The fourth-order valence-corrected chi connectivity index (χ4v) is 3.11. The first-order valence-corrected chi connectivity index (χ1v) is 9.01. The summed E-state index contributed by atoms with van der Waals surface area (Å²) >= 11 is 5.87. The zero-order valence-electron chi connectivity index (χ0n) is 14.4. The molecule has 0 aliphatic carbocycles. The van der Waals surface area contributed by atoms with Gasteiger partial charge in [-0.2, -0.15) is 0 Å². The van der Waals surface area contributed by atoms with Crippen molar-refractivity contribution in [3.63, 3.8) is 0 Å². The number of amides is 2. The van der Waals surface area contributed by atoms with Gasteiger partial charge in [-0.3, -0.25) is 4.79 Å². The number of alkyl carbamates (subject to hydrolysis) is 1. The van der Waals surface area contributed by atoms with Gasteiger partial charge in [0.1, 0.15) is 6.61 Å². The third-order valence-corrected chi connectivity index (χ3v) is 4.59. The lowest BCUT2D eigenvalue weighted by molar-refractivity contribution is 0.0683. The Morgan fingerprint density at radius 1 is 1.12 bits per heavy atom. The van der Waals surface area contributed by atoms with Crippen LogP contribution in [0.2, 0.25) is 5.02 Å². The molecule has 2 aromatic carbocycles. The Morgan fingerprint density at radius 3 is 2.58 bits per heavy atom. The molecule has 0 bridgehead atoms. The average molecular weight is 373 g/mol. The molecule has 0 saturated carbocycles. The maximum Gasteiger partial charge on any atom is 0.407 e. The van der Waals surface area contributed by atoms with Crippen LogP contribution in [0.5, 0.6) is 0 Å². The van der Waals surface area contributed by atoms with Crippen LogP contribution in [0.15, 0.2) is 54.6 Å². The predicted octanol–water partition coefficient (Wildman–Crippen LogP) is 3.87. The predicted molar refractivity (Wildman–Crippen MR) is 100 cm³/mol. The lowest BCUT2D eigenvalue weighted by atomic mass is 10.0. The zero-order chi connectivity index (χ0) is 18.4. The van der Waals surface area contributed by atoms with Gasteiger partial charge in [0.25, 0.3) is 5.91 Å². The van der Waals surface area contributed by atoms with Crippen LogP contribution in [-0.4, -0.2) is 36.0 Å². The number of hydrogen-bond donors (Lipinski definition) is 1. The van der Waals surface area contributed by atoms with Crippen molar-refractivity contribution in [2.45, 2.75) is 25.5 Å². The lowest BCUT2D eigenvalue weighted by Gasteiger charge is -2.33. The number of ether oxygens (including phenoxy) is 1. The van der Waals surface area contributed by atoms with Crippen molar-refractivity contribution in [2.24, 2.45) is 0 Å². The largest absolute Gasteiger partial charge is 0.445 e. The summed E-state index contributed by atoms with van der Waals surface area (Å²) in [6.07, 6.45) is 1.20. The number of benzene rings is 2. The van der Waals surface area contributed by atoms with Crippen LogP contribution < -0.4 is 5.32 Å². The summed E-state index contributed by atoms with van der Waals surface area (Å²) in [7, 11) is 0. The number of piperidine rings is 1. The van der Waals surface area contributed by atoms with E-state index in [0.717, 1.165) is 18.4 Å². The summed E-state index contributed by atoms with van der Waals surface area (Å²) in [5.74, 6) is -0.0502. The molecule has 1 heterocycles. The summed E-state index contributed by atoms with van der Waals surface area (Å²) in [5, 5.41) is 3.46. The van der Waals surface area contributed by atoms with Crippen LogP contribution in [-0.2, 0) is 11.3 Å². The van der Waals surface area contributed by atoms with Crippen molar-refractivity contribution in [3.05, 3.63) is 70.7 Å². The monoisotopic (exact) mass is 372 g/mol. The van der Waals surface area contributed by atoms with Crippen molar-refractivity contribution in [3.8, 4) is 0 Å². The highest BCUT2D eigenvalue weighted by Crippen LogP contribution is 2.16. The number of rotatable bonds is 4. The number of nitrogens with zero attached hydrogens (tertiary/aromatic N) is 1. The molecular formula is C20H21ClN2O3. The summed E-state index contributed by atoms with van der Waals surface area (Å²) in [4.78, 5) is 26.4. The van der Waals surface area contributed by atoms with Gasteiger partial charge in [-0.15, -0.1) is 0 Å². The first kappa shape index (κ1) is 18.3. The third-order valence-electron chi connectivity index (χ3n) is 4.33. The minimum atomic E-state index is -0.459. The summed E-state index contributed by atoms with van der Waals surface area (Å²) < 4.78 is 5.26. The van der Waals surface area contributed by atoms with Gasteiger partial charge in [-0.05, 0) is 42.7 Å². The molecule has 1 fully saturated rings. The normalized spacial score (nSPS) is 16.8. The number of carbonyl (C=O) groups excluding carboxylic acids is 2. The maximum absolute atomic E-state index is 12.6. The van der Waals surface area contributed by atoms with E-state index in [9.17, 15) is 9.59 Å². The van der Waals surface area contributed by atoms with Gasteiger partial charge in [-0.1, -0.05) is 41.9 Å². The molecule has 136 valence electrons. The fourth-order valence-electron chi connectivity index (χ4n) is 2.99. The molecule has 1 aliphatic heterocycles. The van der Waals surface area contributed by atoms with Crippen LogP contribution in [0.3, 0.4) is 0 Å². The SMILES string of the molecule is O=C(NC1CCCN(C(=O)c2ccc(Cl)cc2)C1)OCc1ccccc1. The van der Waals surface area contributed by atoms with Crippen molar-refractivity contribution >= 4 is 23.6 Å². The number of halogens is 1. The minimum absolute atomic E-state index is 0.0502. The molecule has 2 aromatic rings. The maximum atomic E-state index is 12.6. The topological polar surface area (TPSA) is 58.6 Å². The van der Waals surface area contributed by atoms with E-state index in [0.29, 0.717) is 23.7 Å². The van der Waals surface area contributed by atoms with Crippen LogP contribution in [0, 0.1) is 0 Å². The Bertz CT molecular complexity index is 749. The molecular weight excluding hydrogens is 352 g/mol. The summed E-state index contributed by atoms with van der Waals surface area (Å²) in [6.45, 7) is 1.38. The second-order valence-corrected chi connectivity index (χ2v) is 6.74. The molecule has 1 aliphatic rings. The zero-order valence-corrected chi connectivity index (χ0v) is 15.1. The van der Waals surface area contributed by atoms with Crippen LogP contribution >= 0.6 is 11.6 Å². The average Bonchev–Trinajstić information content (AvgIpc) is 2.67. The van der Waals surface area contributed by atoms with E-state index < -0.39 is 6.09 Å². The lowest BCUT2D eigenvalue weighted by Crippen LogP contribution is -2.49. The molecule has 1 saturated heterocycles. The Morgan fingerprint density at radius 2 is 1.85 bits per heavy atom. The van der Waals surface area contributed by atoms with Gasteiger partial charge in [0, 0.05) is 29.7 Å². The fraction of sp³-hybridized carbons (Fsp3) is 0.300. The Hall–Kier alpha value is -2.53. The smallest absolute Gasteiger partial charge is 0.407 e. The first-order valence-electron chi connectivity index (χ1n) is 8.64. The van der Waals surface area contributed by atoms with Gasteiger partial charge >= 0.3 is 6.09 Å². The van der Waals surface area contributed by atoms with Crippen molar-refractivity contribution in [2.75, 3.05) is 13.1 Å². The van der Waals surface area contributed by atoms with E-state index in [1.54, 1.807) is 29.2 Å². The van der Waals surface area contributed by atoms with Crippen molar-refractivity contribution < 1.29 is 14.3 Å².